The summed E-state index contributed by atoms with van der Waals surface area (Å²) in [5.74, 6) is -0.0911. The minimum atomic E-state index is -3.05. The molecular formula is C8H9NO3S. The molecule has 0 N–H and O–H groups in total. The van der Waals surface area contributed by atoms with Crippen LogP contribution in [0, 0.1) is 0 Å². The van der Waals surface area contributed by atoms with Gasteiger partial charge in [-0.15, -0.1) is 0 Å². The topological polar surface area (TPSA) is 64.1 Å². The lowest BCUT2D eigenvalue weighted by Gasteiger charge is -1.97. The van der Waals surface area contributed by atoms with Crippen molar-refractivity contribution in [2.75, 3.05) is 6.26 Å². The number of aldehydes is 1. The average Bonchev–Trinajstić information content (AvgIpc) is 2.03. The molecule has 0 aliphatic carbocycles. The molecule has 4 nitrogen and oxygen atoms in total. The van der Waals surface area contributed by atoms with Gasteiger partial charge in [0.15, 0.2) is 16.1 Å². The largest absolute Gasteiger partial charge is 0.298 e. The molecule has 1 rings (SSSR count). The van der Waals surface area contributed by atoms with Gasteiger partial charge in [-0.05, 0) is 12.1 Å². The Balaban J connectivity index is 2.87. The van der Waals surface area contributed by atoms with Gasteiger partial charge in [-0.1, -0.05) is 0 Å². The summed E-state index contributed by atoms with van der Waals surface area (Å²) in [6.45, 7) is 0. The van der Waals surface area contributed by atoms with E-state index in [2.05, 4.69) is 4.98 Å². The number of hydrogen-bond donors (Lipinski definition) is 0. The minimum absolute atomic E-state index is 0.0911. The second kappa shape index (κ2) is 3.66. The lowest BCUT2D eigenvalue weighted by atomic mass is 10.3. The van der Waals surface area contributed by atoms with E-state index >= 15 is 0 Å². The molecule has 1 aromatic heterocycles. The summed E-state index contributed by atoms with van der Waals surface area (Å²) in [4.78, 5) is 14.1. The van der Waals surface area contributed by atoms with Crippen LogP contribution in [0.15, 0.2) is 18.3 Å². The first-order valence-corrected chi connectivity index (χ1v) is 5.65. The molecule has 0 aromatic carbocycles. The first-order chi connectivity index (χ1) is 6.01. The van der Waals surface area contributed by atoms with E-state index in [4.69, 9.17) is 0 Å². The first kappa shape index (κ1) is 9.85. The summed E-state index contributed by atoms with van der Waals surface area (Å²) in [6, 6.07) is 3.07. The Morgan fingerprint density at radius 1 is 1.46 bits per heavy atom. The van der Waals surface area contributed by atoms with E-state index in [9.17, 15) is 13.2 Å². The third-order valence-corrected chi connectivity index (χ3v) is 2.21. The van der Waals surface area contributed by atoms with E-state index in [0.717, 1.165) is 6.26 Å². The highest BCUT2D eigenvalue weighted by molar-refractivity contribution is 7.89. The van der Waals surface area contributed by atoms with Crippen molar-refractivity contribution < 1.29 is 13.2 Å². The van der Waals surface area contributed by atoms with Crippen molar-refractivity contribution in [3.63, 3.8) is 0 Å². The van der Waals surface area contributed by atoms with Crippen LogP contribution in [-0.2, 0) is 15.6 Å². The van der Waals surface area contributed by atoms with Crippen molar-refractivity contribution in [1.82, 2.24) is 4.98 Å². The van der Waals surface area contributed by atoms with Crippen molar-refractivity contribution in [3.05, 3.63) is 29.6 Å². The van der Waals surface area contributed by atoms with Crippen LogP contribution in [0.25, 0.3) is 0 Å². The van der Waals surface area contributed by atoms with Gasteiger partial charge in [0, 0.05) is 18.0 Å². The van der Waals surface area contributed by atoms with Crippen molar-refractivity contribution in [1.29, 1.82) is 0 Å². The van der Waals surface area contributed by atoms with E-state index < -0.39 is 9.84 Å². The fourth-order valence-electron chi connectivity index (χ4n) is 0.860. The number of aromatic nitrogens is 1. The Morgan fingerprint density at radius 2 is 2.15 bits per heavy atom. The number of pyridine rings is 1. The van der Waals surface area contributed by atoms with Gasteiger partial charge in [0.25, 0.3) is 0 Å². The zero-order chi connectivity index (χ0) is 9.90. The van der Waals surface area contributed by atoms with Crippen LogP contribution in [0.5, 0.6) is 0 Å². The molecule has 0 saturated carbocycles. The highest BCUT2D eigenvalue weighted by atomic mass is 32.2. The quantitative estimate of drug-likeness (QED) is 0.662. The highest BCUT2D eigenvalue weighted by Gasteiger charge is 2.04. The van der Waals surface area contributed by atoms with Crippen LogP contribution in [0.2, 0.25) is 0 Å². The number of sulfone groups is 1. The third kappa shape index (κ3) is 3.33. The molecule has 5 heteroatoms. The zero-order valence-electron chi connectivity index (χ0n) is 7.10. The monoisotopic (exact) mass is 199 g/mol. The third-order valence-electron chi connectivity index (χ3n) is 1.39. The molecule has 0 atom stereocenters. The van der Waals surface area contributed by atoms with Gasteiger partial charge in [-0.3, -0.25) is 9.78 Å². The summed E-state index contributed by atoms with van der Waals surface area (Å²) in [6.07, 6.45) is 3.16. The second-order valence-electron chi connectivity index (χ2n) is 2.77. The maximum absolute atomic E-state index is 10.8. The van der Waals surface area contributed by atoms with Crippen LogP contribution < -0.4 is 0 Å². The number of carbonyl (C=O) groups excluding carboxylic acids is 1. The second-order valence-corrected chi connectivity index (χ2v) is 4.91. The van der Waals surface area contributed by atoms with Crippen molar-refractivity contribution >= 4 is 16.1 Å². The molecule has 0 aliphatic rings. The van der Waals surface area contributed by atoms with Crippen LogP contribution in [0.1, 0.15) is 16.1 Å². The Morgan fingerprint density at radius 3 is 2.54 bits per heavy atom. The molecule has 0 saturated heterocycles. The van der Waals surface area contributed by atoms with Crippen LogP contribution in [-0.4, -0.2) is 25.9 Å². The molecular weight excluding hydrogens is 190 g/mol. The number of rotatable bonds is 3. The normalized spacial score (nSPS) is 11.2. The van der Waals surface area contributed by atoms with Gasteiger partial charge in [0.2, 0.25) is 0 Å². The standard InChI is InChI=1S/C8H9NO3S/c1-13(11,12)6-8-3-2-7(5-10)4-9-8/h2-5H,6H2,1H3. The van der Waals surface area contributed by atoms with Crippen LogP contribution in [0.3, 0.4) is 0 Å². The van der Waals surface area contributed by atoms with E-state index in [1.165, 1.54) is 12.3 Å². The zero-order valence-corrected chi connectivity index (χ0v) is 7.91. The lowest BCUT2D eigenvalue weighted by molar-refractivity contribution is 0.112. The van der Waals surface area contributed by atoms with Gasteiger partial charge in [-0.25, -0.2) is 8.42 Å². The molecule has 13 heavy (non-hydrogen) atoms. The Bertz CT molecular complexity index is 394. The summed E-state index contributed by atoms with van der Waals surface area (Å²) in [7, 11) is -3.05. The molecule has 0 bridgehead atoms. The van der Waals surface area contributed by atoms with Crippen molar-refractivity contribution in [2.24, 2.45) is 0 Å². The maximum Gasteiger partial charge on any atom is 0.153 e. The summed E-state index contributed by atoms with van der Waals surface area (Å²) < 4.78 is 21.7. The Kier molecular flexibility index (Phi) is 2.77. The van der Waals surface area contributed by atoms with Gasteiger partial charge in [-0.2, -0.15) is 0 Å². The van der Waals surface area contributed by atoms with Crippen molar-refractivity contribution in [3.8, 4) is 0 Å². The molecule has 0 amide bonds. The first-order valence-electron chi connectivity index (χ1n) is 3.59. The fourth-order valence-corrected chi connectivity index (χ4v) is 1.57. The smallest absolute Gasteiger partial charge is 0.153 e. The van der Waals surface area contributed by atoms with E-state index in [-0.39, 0.29) is 5.75 Å². The summed E-state index contributed by atoms with van der Waals surface area (Å²) in [5.41, 5.74) is 0.894. The number of hydrogen-bond acceptors (Lipinski definition) is 4. The van der Waals surface area contributed by atoms with Gasteiger partial charge in [0.05, 0.1) is 11.4 Å². The van der Waals surface area contributed by atoms with E-state index in [0.29, 0.717) is 17.5 Å². The molecule has 0 fully saturated rings. The Hall–Kier alpha value is -1.23. The van der Waals surface area contributed by atoms with E-state index in [1.54, 1.807) is 6.07 Å². The van der Waals surface area contributed by atoms with Crippen molar-refractivity contribution in [2.45, 2.75) is 5.75 Å². The molecule has 70 valence electrons. The van der Waals surface area contributed by atoms with Crippen LogP contribution >= 0.6 is 0 Å². The average molecular weight is 199 g/mol. The maximum atomic E-state index is 10.8. The molecule has 1 aromatic rings. The summed E-state index contributed by atoms with van der Waals surface area (Å²) >= 11 is 0. The van der Waals surface area contributed by atoms with E-state index in [1.807, 2.05) is 0 Å². The Labute approximate surface area is 76.5 Å². The van der Waals surface area contributed by atoms with Gasteiger partial charge in [0.1, 0.15) is 0 Å². The summed E-state index contributed by atoms with van der Waals surface area (Å²) in [5, 5.41) is 0. The van der Waals surface area contributed by atoms with Crippen LogP contribution in [0.4, 0.5) is 0 Å². The lowest BCUT2D eigenvalue weighted by Crippen LogP contribution is -2.02. The fraction of sp³-hybridized carbons (Fsp3) is 0.250. The molecule has 1 heterocycles. The molecule has 0 spiro atoms. The molecule has 0 radical (unpaired) electrons. The number of nitrogens with zero attached hydrogens (tertiary/aromatic N) is 1. The molecule has 0 unspecified atom stereocenters. The molecule has 0 aliphatic heterocycles. The SMILES string of the molecule is CS(=O)(=O)Cc1ccc(C=O)cn1. The van der Waals surface area contributed by atoms with Gasteiger partial charge < -0.3 is 0 Å². The highest BCUT2D eigenvalue weighted by Crippen LogP contribution is 2.02. The predicted octanol–water partition coefficient (Wildman–Crippen LogP) is 0.439. The van der Waals surface area contributed by atoms with Gasteiger partial charge >= 0.3 is 0 Å². The minimum Gasteiger partial charge on any atom is -0.298 e. The number of carbonyl (C=O) groups is 1. The predicted molar refractivity (Wildman–Crippen MR) is 48.2 cm³/mol.